The van der Waals surface area contributed by atoms with Gasteiger partial charge in [0.25, 0.3) is 0 Å². The number of nitrogens with zero attached hydrogens (tertiary/aromatic N) is 3. The van der Waals surface area contributed by atoms with Gasteiger partial charge in [0, 0.05) is 43.6 Å². The Morgan fingerprint density at radius 1 is 0.411 bits per heavy atom. The molecule has 0 amide bonds. The van der Waals surface area contributed by atoms with E-state index >= 15 is 0 Å². The number of rotatable bonds is 4. The van der Waals surface area contributed by atoms with Crippen molar-refractivity contribution in [1.82, 2.24) is 14.5 Å². The normalized spacial score (nSPS) is 11.9. The van der Waals surface area contributed by atoms with E-state index in [1.165, 1.54) is 21.9 Å². The fourth-order valence-corrected chi connectivity index (χ4v) is 8.89. The average Bonchev–Trinajstić information content (AvgIpc) is 3.81. The maximum absolute atomic E-state index is 6.77. The summed E-state index contributed by atoms with van der Waals surface area (Å²) in [5, 5.41) is 10.3. The fraction of sp³-hybridized carbons (Fsp3) is 0. The predicted molar refractivity (Wildman–Crippen MR) is 232 cm³/mol. The molecular weight excluding hydrogens is 683 g/mol. The first-order valence-electron chi connectivity index (χ1n) is 19.0. The number of fused-ring (bicyclic) bond motifs is 9. The van der Waals surface area contributed by atoms with Gasteiger partial charge in [0.15, 0.2) is 0 Å². The molecule has 0 saturated heterocycles. The second-order valence-corrected chi connectivity index (χ2v) is 14.5. The van der Waals surface area contributed by atoms with Crippen LogP contribution in [0.5, 0.6) is 0 Å². The summed E-state index contributed by atoms with van der Waals surface area (Å²) in [4.78, 5) is 10.8. The summed E-state index contributed by atoms with van der Waals surface area (Å²) in [7, 11) is 0. The third-order valence-corrected chi connectivity index (χ3v) is 11.4. The topological polar surface area (TPSA) is 43.9 Å². The summed E-state index contributed by atoms with van der Waals surface area (Å²) >= 11 is 0. The van der Waals surface area contributed by atoms with E-state index in [0.29, 0.717) is 5.95 Å². The molecule has 3 heterocycles. The first-order valence-corrected chi connectivity index (χ1v) is 19.0. The Labute approximate surface area is 321 Å². The molecule has 12 rings (SSSR count). The zero-order chi connectivity index (χ0) is 36.7. The Bertz CT molecular complexity index is 3530. The van der Waals surface area contributed by atoms with Crippen molar-refractivity contribution in [2.75, 3.05) is 0 Å². The van der Waals surface area contributed by atoms with Crippen molar-refractivity contribution in [3.63, 3.8) is 0 Å². The number of benzene rings is 9. The molecule has 4 nitrogen and oxygen atoms in total. The first kappa shape index (κ1) is 30.9. The number of aromatic nitrogens is 3. The average molecular weight is 714 g/mol. The van der Waals surface area contributed by atoms with Crippen LogP contribution in [0.15, 0.2) is 192 Å². The van der Waals surface area contributed by atoms with Gasteiger partial charge >= 0.3 is 0 Å². The molecule has 260 valence electrons. The second kappa shape index (κ2) is 12.0. The Balaban J connectivity index is 1.14. The molecule has 0 fully saturated rings. The summed E-state index contributed by atoms with van der Waals surface area (Å²) in [5.41, 5.74) is 11.2. The van der Waals surface area contributed by atoms with Crippen LogP contribution in [0.4, 0.5) is 0 Å². The van der Waals surface area contributed by atoms with E-state index in [0.717, 1.165) is 87.8 Å². The van der Waals surface area contributed by atoms with Crippen LogP contribution < -0.4 is 0 Å². The molecule has 0 aliphatic rings. The van der Waals surface area contributed by atoms with Crippen LogP contribution in [0.1, 0.15) is 0 Å². The van der Waals surface area contributed by atoms with Gasteiger partial charge in [-0.2, -0.15) is 0 Å². The quantitative estimate of drug-likeness (QED) is 0.182. The molecule has 9 aromatic carbocycles. The lowest BCUT2D eigenvalue weighted by molar-refractivity contribution is 0.670. The molecule has 4 heteroatoms. The number of hydrogen-bond acceptors (Lipinski definition) is 3. The van der Waals surface area contributed by atoms with Crippen LogP contribution in [-0.4, -0.2) is 14.5 Å². The molecule has 3 aromatic heterocycles. The predicted octanol–water partition coefficient (Wildman–Crippen LogP) is 13.9. The highest BCUT2D eigenvalue weighted by Gasteiger charge is 2.23. The van der Waals surface area contributed by atoms with Crippen molar-refractivity contribution in [3.8, 4) is 39.5 Å². The molecule has 0 saturated carbocycles. The highest BCUT2D eigenvalue weighted by Crippen LogP contribution is 2.45. The summed E-state index contributed by atoms with van der Waals surface area (Å²) in [6.45, 7) is 0. The van der Waals surface area contributed by atoms with Gasteiger partial charge in [0.05, 0.1) is 22.2 Å². The Morgan fingerprint density at radius 3 is 1.91 bits per heavy atom. The third-order valence-electron chi connectivity index (χ3n) is 11.4. The highest BCUT2D eigenvalue weighted by molar-refractivity contribution is 6.23. The minimum absolute atomic E-state index is 0.622. The smallest absolute Gasteiger partial charge is 0.235 e. The summed E-state index contributed by atoms with van der Waals surface area (Å²) in [5.74, 6) is 0.622. The van der Waals surface area contributed by atoms with Crippen molar-refractivity contribution < 1.29 is 4.42 Å². The summed E-state index contributed by atoms with van der Waals surface area (Å²) < 4.78 is 9.03. The van der Waals surface area contributed by atoms with Gasteiger partial charge in [-0.25, -0.2) is 9.97 Å². The van der Waals surface area contributed by atoms with E-state index < -0.39 is 0 Å². The lowest BCUT2D eigenvalue weighted by atomic mass is 9.93. The lowest BCUT2D eigenvalue weighted by Crippen LogP contribution is -2.04. The number of furan rings is 1. The Morgan fingerprint density at radius 2 is 1.04 bits per heavy atom. The zero-order valence-corrected chi connectivity index (χ0v) is 30.1. The van der Waals surface area contributed by atoms with E-state index in [-0.39, 0.29) is 0 Å². The molecule has 0 N–H and O–H groups in total. The Kier molecular flexibility index (Phi) is 6.60. The standard InChI is InChI=1S/C52H31N3O/c1-3-16-36-32(13-1)15-11-21-37(36)33-27-29-34(30-28-33)49-42-20-5-8-24-45(42)53-52(54-49)55-46-25-9-6-18-39(46)41-22-12-23-43(50(41)55)48-38-17-4-2-14-35(38)31-44-40-19-7-10-26-47(40)56-51(44)48/h1-31H. The molecular formula is C52H31N3O. The molecule has 0 spiro atoms. The number of para-hydroxylation sites is 4. The number of hydrogen-bond donors (Lipinski definition) is 0. The van der Waals surface area contributed by atoms with Gasteiger partial charge < -0.3 is 4.42 Å². The largest absolute Gasteiger partial charge is 0.455 e. The first-order chi connectivity index (χ1) is 27.8. The second-order valence-electron chi connectivity index (χ2n) is 14.5. The van der Waals surface area contributed by atoms with E-state index in [9.17, 15) is 0 Å². The molecule has 0 bridgehead atoms. The molecule has 12 aromatic rings. The minimum Gasteiger partial charge on any atom is -0.455 e. The molecule has 0 aliphatic heterocycles. The van der Waals surface area contributed by atoms with Gasteiger partial charge in [-0.15, -0.1) is 0 Å². The maximum Gasteiger partial charge on any atom is 0.235 e. The Hall–Kier alpha value is -7.56. The van der Waals surface area contributed by atoms with Crippen LogP contribution >= 0.6 is 0 Å². The molecule has 56 heavy (non-hydrogen) atoms. The molecule has 0 atom stereocenters. The van der Waals surface area contributed by atoms with Crippen LogP contribution in [0.2, 0.25) is 0 Å². The maximum atomic E-state index is 6.77. The van der Waals surface area contributed by atoms with E-state index in [4.69, 9.17) is 14.4 Å². The van der Waals surface area contributed by atoms with Crippen molar-refractivity contribution in [3.05, 3.63) is 188 Å². The van der Waals surface area contributed by atoms with Crippen LogP contribution in [0, 0.1) is 0 Å². The zero-order valence-electron chi connectivity index (χ0n) is 30.1. The van der Waals surface area contributed by atoms with Gasteiger partial charge in [-0.3, -0.25) is 4.57 Å². The van der Waals surface area contributed by atoms with Gasteiger partial charge in [0.2, 0.25) is 5.95 Å². The van der Waals surface area contributed by atoms with E-state index in [1.807, 2.05) is 6.07 Å². The van der Waals surface area contributed by atoms with Gasteiger partial charge in [0.1, 0.15) is 11.2 Å². The monoisotopic (exact) mass is 713 g/mol. The van der Waals surface area contributed by atoms with Crippen LogP contribution in [0.3, 0.4) is 0 Å². The van der Waals surface area contributed by atoms with Crippen LogP contribution in [-0.2, 0) is 0 Å². The molecule has 0 aliphatic carbocycles. The lowest BCUT2D eigenvalue weighted by Gasteiger charge is -2.15. The summed E-state index contributed by atoms with van der Waals surface area (Å²) in [6.07, 6.45) is 0. The van der Waals surface area contributed by atoms with Crippen molar-refractivity contribution in [2.45, 2.75) is 0 Å². The molecule has 0 radical (unpaired) electrons. The molecule has 0 unspecified atom stereocenters. The van der Waals surface area contributed by atoms with Gasteiger partial charge in [-0.05, 0) is 56.9 Å². The van der Waals surface area contributed by atoms with Gasteiger partial charge in [-0.1, -0.05) is 164 Å². The van der Waals surface area contributed by atoms with Crippen molar-refractivity contribution in [2.24, 2.45) is 0 Å². The van der Waals surface area contributed by atoms with E-state index in [2.05, 4.69) is 187 Å². The fourth-order valence-electron chi connectivity index (χ4n) is 8.89. The van der Waals surface area contributed by atoms with E-state index in [1.54, 1.807) is 0 Å². The van der Waals surface area contributed by atoms with Crippen LogP contribution in [0.25, 0.3) is 116 Å². The SMILES string of the molecule is c1ccc2c(-c3ccc(-c4nc(-n5c6ccccc6c6cccc(-c7c8ccccc8cc8c7oc7ccccc78)c65)nc5ccccc45)cc3)cccc2c1. The summed E-state index contributed by atoms with van der Waals surface area (Å²) in [6, 6.07) is 66.6. The van der Waals surface area contributed by atoms with Crippen molar-refractivity contribution >= 4 is 76.2 Å². The minimum atomic E-state index is 0.622. The highest BCUT2D eigenvalue weighted by atomic mass is 16.3. The van der Waals surface area contributed by atoms with Crippen molar-refractivity contribution in [1.29, 1.82) is 0 Å². The third kappa shape index (κ3) is 4.53.